The number of nitrogens with zero attached hydrogens (tertiary/aromatic N) is 2. The predicted molar refractivity (Wildman–Crippen MR) is 96.1 cm³/mol. The molecule has 0 saturated carbocycles. The zero-order valence-electron chi connectivity index (χ0n) is 12.3. The minimum Gasteiger partial charge on any atom is -0.486 e. The smallest absolute Gasteiger partial charge is 0.191 e. The van der Waals surface area contributed by atoms with Gasteiger partial charge in [-0.05, 0) is 31.5 Å². The Morgan fingerprint density at radius 2 is 1.95 bits per heavy atom. The lowest BCUT2D eigenvalue weighted by Crippen LogP contribution is -2.37. The lowest BCUT2D eigenvalue weighted by molar-refractivity contribution is 0.171. The summed E-state index contributed by atoms with van der Waals surface area (Å²) in [6.45, 7) is 7.32. The Hall–Kier alpha value is -0.890. The second-order valence-electron chi connectivity index (χ2n) is 4.45. The van der Waals surface area contributed by atoms with Gasteiger partial charge in [-0.1, -0.05) is 11.6 Å². The quantitative estimate of drug-likeness (QED) is 0.458. The molecule has 0 fully saturated rings. The van der Waals surface area contributed by atoms with Gasteiger partial charge in [0.05, 0.1) is 11.6 Å². The Morgan fingerprint density at radius 1 is 1.29 bits per heavy atom. The molecule has 0 atom stereocenters. The summed E-state index contributed by atoms with van der Waals surface area (Å²) >= 11 is 6.18. The molecule has 0 unspecified atom stereocenters. The number of nitrogens with two attached hydrogens (primary N) is 1. The van der Waals surface area contributed by atoms with Crippen LogP contribution in [0.25, 0.3) is 0 Å². The van der Waals surface area contributed by atoms with Crippen molar-refractivity contribution in [3.8, 4) is 11.5 Å². The number of rotatable bonds is 4. The third-order valence-corrected chi connectivity index (χ3v) is 3.45. The number of aliphatic imine (C=N–C) groups is 1. The first-order chi connectivity index (χ1) is 9.65. The van der Waals surface area contributed by atoms with Crippen molar-refractivity contribution in [3.05, 3.63) is 22.7 Å². The van der Waals surface area contributed by atoms with Crippen LogP contribution in [0.1, 0.15) is 19.4 Å². The Balaban J connectivity index is 0.00000220. The fourth-order valence-corrected chi connectivity index (χ4v) is 2.36. The lowest BCUT2D eigenvalue weighted by Gasteiger charge is -2.21. The summed E-state index contributed by atoms with van der Waals surface area (Å²) in [4.78, 5) is 6.39. The Labute approximate surface area is 147 Å². The number of ether oxygens (including phenoxy) is 2. The van der Waals surface area contributed by atoms with E-state index in [0.717, 1.165) is 18.7 Å². The van der Waals surface area contributed by atoms with Gasteiger partial charge in [0, 0.05) is 13.1 Å². The van der Waals surface area contributed by atoms with E-state index in [-0.39, 0.29) is 24.0 Å². The molecule has 1 aliphatic rings. The zero-order valence-corrected chi connectivity index (χ0v) is 15.4. The third kappa shape index (κ3) is 4.54. The number of hydrogen-bond donors (Lipinski definition) is 1. The molecule has 0 aliphatic carbocycles. The van der Waals surface area contributed by atoms with Gasteiger partial charge in [0.15, 0.2) is 17.5 Å². The summed E-state index contributed by atoms with van der Waals surface area (Å²) in [7, 11) is 0. The van der Waals surface area contributed by atoms with Crippen molar-refractivity contribution in [3.63, 3.8) is 0 Å². The van der Waals surface area contributed by atoms with Crippen LogP contribution >= 0.6 is 35.6 Å². The average Bonchev–Trinajstić information content (AvgIpc) is 2.46. The molecule has 21 heavy (non-hydrogen) atoms. The number of hydrogen-bond acceptors (Lipinski definition) is 3. The summed E-state index contributed by atoms with van der Waals surface area (Å²) in [5.74, 6) is 1.83. The van der Waals surface area contributed by atoms with Gasteiger partial charge in [-0.3, -0.25) is 0 Å². The molecule has 0 spiro atoms. The summed E-state index contributed by atoms with van der Waals surface area (Å²) in [6.07, 6.45) is 0. The van der Waals surface area contributed by atoms with Crippen LogP contribution < -0.4 is 15.2 Å². The highest BCUT2D eigenvalue weighted by molar-refractivity contribution is 14.0. The van der Waals surface area contributed by atoms with Gasteiger partial charge in [-0.25, -0.2) is 4.99 Å². The monoisotopic (exact) mass is 425 g/mol. The lowest BCUT2D eigenvalue weighted by atomic mass is 10.2. The highest BCUT2D eigenvalue weighted by atomic mass is 127. The summed E-state index contributed by atoms with van der Waals surface area (Å²) in [5.41, 5.74) is 6.90. The van der Waals surface area contributed by atoms with E-state index in [1.807, 2.05) is 30.9 Å². The molecule has 2 N–H and O–H groups in total. The van der Waals surface area contributed by atoms with E-state index in [4.69, 9.17) is 26.8 Å². The average molecular weight is 426 g/mol. The molecule has 5 nitrogen and oxygen atoms in total. The highest BCUT2D eigenvalue weighted by Crippen LogP contribution is 2.38. The zero-order chi connectivity index (χ0) is 14.5. The molecule has 0 radical (unpaired) electrons. The SMILES string of the molecule is CCN(CC)C(N)=NCc1cc(Cl)c2c(c1)OCCO2.I. The molecule has 1 aliphatic heterocycles. The highest BCUT2D eigenvalue weighted by Gasteiger charge is 2.16. The van der Waals surface area contributed by atoms with Gasteiger partial charge in [0.2, 0.25) is 0 Å². The molecular formula is C14H21ClIN3O2. The first-order valence-corrected chi connectivity index (χ1v) is 7.16. The van der Waals surface area contributed by atoms with Crippen LogP contribution in [0.5, 0.6) is 11.5 Å². The van der Waals surface area contributed by atoms with Crippen LogP contribution in [0.15, 0.2) is 17.1 Å². The van der Waals surface area contributed by atoms with Crippen molar-refractivity contribution in [2.75, 3.05) is 26.3 Å². The minimum absolute atomic E-state index is 0. The largest absolute Gasteiger partial charge is 0.486 e. The third-order valence-electron chi connectivity index (χ3n) is 3.17. The van der Waals surface area contributed by atoms with Crippen molar-refractivity contribution >= 4 is 41.5 Å². The molecule has 2 rings (SSSR count). The van der Waals surface area contributed by atoms with E-state index < -0.39 is 0 Å². The Morgan fingerprint density at radius 3 is 2.62 bits per heavy atom. The molecule has 0 bridgehead atoms. The molecule has 0 amide bonds. The Bertz CT molecular complexity index is 507. The fraction of sp³-hybridized carbons (Fsp3) is 0.500. The molecule has 0 aromatic heterocycles. The van der Waals surface area contributed by atoms with Crippen molar-refractivity contribution in [2.45, 2.75) is 20.4 Å². The van der Waals surface area contributed by atoms with E-state index in [0.29, 0.717) is 42.2 Å². The van der Waals surface area contributed by atoms with Crippen molar-refractivity contribution in [1.82, 2.24) is 4.90 Å². The number of halogens is 2. The van der Waals surface area contributed by atoms with Crippen LogP contribution in [0.3, 0.4) is 0 Å². The number of guanidine groups is 1. The second-order valence-corrected chi connectivity index (χ2v) is 4.86. The van der Waals surface area contributed by atoms with Gasteiger partial charge in [-0.2, -0.15) is 0 Å². The second kappa shape index (κ2) is 8.53. The summed E-state index contributed by atoms with van der Waals surface area (Å²) in [5, 5.41) is 0.550. The van der Waals surface area contributed by atoms with Crippen LogP contribution in [0.2, 0.25) is 5.02 Å². The van der Waals surface area contributed by atoms with Gasteiger partial charge in [0.25, 0.3) is 0 Å². The molecule has 1 heterocycles. The van der Waals surface area contributed by atoms with Gasteiger partial charge < -0.3 is 20.1 Å². The first kappa shape index (κ1) is 18.2. The topological polar surface area (TPSA) is 60.1 Å². The number of benzene rings is 1. The van der Waals surface area contributed by atoms with E-state index in [9.17, 15) is 0 Å². The van der Waals surface area contributed by atoms with Gasteiger partial charge in [0.1, 0.15) is 13.2 Å². The number of fused-ring (bicyclic) bond motifs is 1. The molecule has 1 aromatic rings. The summed E-state index contributed by atoms with van der Waals surface area (Å²) < 4.78 is 11.0. The minimum atomic E-state index is 0. The molecular weight excluding hydrogens is 405 g/mol. The van der Waals surface area contributed by atoms with Crippen molar-refractivity contribution in [1.29, 1.82) is 0 Å². The van der Waals surface area contributed by atoms with Crippen LogP contribution in [-0.2, 0) is 6.54 Å². The fourth-order valence-electron chi connectivity index (χ4n) is 2.08. The van der Waals surface area contributed by atoms with Crippen molar-refractivity contribution < 1.29 is 9.47 Å². The van der Waals surface area contributed by atoms with Crippen LogP contribution in [-0.4, -0.2) is 37.2 Å². The predicted octanol–water partition coefficient (Wildman–Crippen LogP) is 2.89. The molecule has 118 valence electrons. The van der Waals surface area contributed by atoms with E-state index in [1.54, 1.807) is 0 Å². The molecule has 7 heteroatoms. The van der Waals surface area contributed by atoms with Gasteiger partial charge in [-0.15, -0.1) is 24.0 Å². The maximum Gasteiger partial charge on any atom is 0.191 e. The van der Waals surface area contributed by atoms with Crippen LogP contribution in [0.4, 0.5) is 0 Å². The van der Waals surface area contributed by atoms with Crippen LogP contribution in [0, 0.1) is 0 Å². The standard InChI is InChI=1S/C14H20ClN3O2.HI/c1-3-18(4-2)14(16)17-9-10-7-11(15)13-12(8-10)19-5-6-20-13;/h7-8H,3-6,9H2,1-2H3,(H2,16,17);1H. The van der Waals surface area contributed by atoms with E-state index in [2.05, 4.69) is 4.99 Å². The van der Waals surface area contributed by atoms with E-state index >= 15 is 0 Å². The first-order valence-electron chi connectivity index (χ1n) is 6.78. The maximum atomic E-state index is 6.18. The maximum absolute atomic E-state index is 6.18. The molecule has 1 aromatic carbocycles. The van der Waals surface area contributed by atoms with E-state index in [1.165, 1.54) is 0 Å². The van der Waals surface area contributed by atoms with Crippen molar-refractivity contribution in [2.24, 2.45) is 10.7 Å². The summed E-state index contributed by atoms with van der Waals surface area (Å²) in [6, 6.07) is 3.74. The van der Waals surface area contributed by atoms with Gasteiger partial charge >= 0.3 is 0 Å². The normalized spacial score (nSPS) is 13.6. The molecule has 0 saturated heterocycles. The Kier molecular flexibility index (Phi) is 7.37.